The topological polar surface area (TPSA) is 213 Å². The molecule has 0 radical (unpaired) electrons. The summed E-state index contributed by atoms with van der Waals surface area (Å²) >= 11 is 0. The second-order valence-corrected chi connectivity index (χ2v) is 20.0. The molecule has 0 atom stereocenters. The Morgan fingerprint density at radius 1 is 0.657 bits per heavy atom. The third-order valence-corrected chi connectivity index (χ3v) is 12.2. The van der Waals surface area contributed by atoms with Gasteiger partial charge in [-0.2, -0.15) is 0 Å². The Hall–Kier alpha value is -7.53. The summed E-state index contributed by atoms with van der Waals surface area (Å²) in [5.41, 5.74) is 5.13. The molecule has 10 rings (SSSR count). The minimum absolute atomic E-state index is 0.125. The first kappa shape index (κ1) is 47.5. The van der Waals surface area contributed by atoms with Gasteiger partial charge in [0.25, 0.3) is 0 Å². The summed E-state index contributed by atoms with van der Waals surface area (Å²) in [5.74, 6) is 2.25. The average molecular weight is 949 g/mol. The van der Waals surface area contributed by atoms with Gasteiger partial charge in [-0.1, -0.05) is 22.4 Å². The van der Waals surface area contributed by atoms with E-state index < -0.39 is 35.0 Å². The number of imidazole rings is 2. The van der Waals surface area contributed by atoms with E-state index in [9.17, 15) is 19.5 Å². The van der Waals surface area contributed by atoms with E-state index in [2.05, 4.69) is 25.3 Å². The third kappa shape index (κ3) is 8.96. The van der Waals surface area contributed by atoms with Crippen LogP contribution in [0.4, 0.5) is 9.59 Å². The summed E-state index contributed by atoms with van der Waals surface area (Å²) in [6, 6.07) is 14.5. The second kappa shape index (κ2) is 17.8. The predicted octanol–water partition coefficient (Wildman–Crippen LogP) is 10.8. The molecule has 1 N–H and O–H groups in total. The van der Waals surface area contributed by atoms with Gasteiger partial charge in [0.05, 0.1) is 40.6 Å². The summed E-state index contributed by atoms with van der Waals surface area (Å²) in [6.07, 6.45) is 9.29. The molecular weight excluding hydrogens is 893 g/mol. The van der Waals surface area contributed by atoms with Crippen molar-refractivity contribution in [3.8, 4) is 22.3 Å². The maximum atomic E-state index is 13.7. The first-order chi connectivity index (χ1) is 33.2. The molecule has 2 fully saturated rings. The molecule has 2 aliphatic carbocycles. The van der Waals surface area contributed by atoms with Crippen molar-refractivity contribution in [2.24, 2.45) is 0 Å². The zero-order valence-electron chi connectivity index (χ0n) is 41.2. The highest BCUT2D eigenvalue weighted by molar-refractivity contribution is 6.06. The average Bonchev–Trinajstić information content (AvgIpc) is 4.22. The molecule has 0 spiro atoms. The Balaban J connectivity index is 0.000000181. The van der Waals surface area contributed by atoms with Gasteiger partial charge in [0.2, 0.25) is 0 Å². The lowest BCUT2D eigenvalue weighted by Crippen LogP contribution is -2.30. The van der Waals surface area contributed by atoms with Crippen LogP contribution < -0.4 is 0 Å². The molecule has 362 valence electrons. The molecule has 6 aromatic heterocycles. The number of esters is 1. The van der Waals surface area contributed by atoms with Crippen LogP contribution in [0.5, 0.6) is 0 Å². The summed E-state index contributed by atoms with van der Waals surface area (Å²) in [5, 5.41) is 20.9. The fourth-order valence-corrected chi connectivity index (χ4v) is 8.87. The minimum atomic E-state index is -1.69. The number of carbonyl (C=O) groups is 3. The van der Waals surface area contributed by atoms with Crippen LogP contribution in [-0.2, 0) is 19.8 Å². The summed E-state index contributed by atoms with van der Waals surface area (Å²) in [7, 11) is 1.32. The number of hydrogen-bond acceptors (Lipinski definition) is 15. The molecule has 70 heavy (non-hydrogen) atoms. The lowest BCUT2D eigenvalue weighted by Gasteiger charge is -2.30. The number of aryl methyl sites for hydroxylation is 4. The standard InChI is InChI=1S/C31H31N5O4.C22H25N3O5/c1-18-26(19(2)40-35-18)21-14-24(31(38,22-8-6-12-32-16-22)23-9-7-13-33-17-23)27-25(15-21)36(28(34-27)20-10-11-20)29(37)39-30(3,4)5;1-11-17(12(2)30-24-11)14-9-15(20(26)28-6)18-16(10-14)25(19(23-18)13-7-8-13)21(27)29-22(3,4)5/h6-9,12-17,20,38H,10-11H2,1-5H3;9-10,13H,7-8H2,1-6H3. The first-order valence-electron chi connectivity index (χ1n) is 23.3. The van der Waals surface area contributed by atoms with Gasteiger partial charge in [0.1, 0.15) is 45.5 Å². The molecule has 2 aromatic carbocycles. The van der Waals surface area contributed by atoms with Crippen molar-refractivity contribution in [1.82, 2.24) is 39.4 Å². The van der Waals surface area contributed by atoms with E-state index in [0.29, 0.717) is 78.9 Å². The fourth-order valence-electron chi connectivity index (χ4n) is 8.87. The van der Waals surface area contributed by atoms with E-state index in [1.807, 2.05) is 92.6 Å². The van der Waals surface area contributed by atoms with Gasteiger partial charge >= 0.3 is 18.2 Å². The molecule has 0 bridgehead atoms. The van der Waals surface area contributed by atoms with Gasteiger partial charge in [-0.3, -0.25) is 9.97 Å². The van der Waals surface area contributed by atoms with E-state index in [4.69, 9.17) is 28.2 Å². The summed E-state index contributed by atoms with van der Waals surface area (Å²) in [6.45, 7) is 18.3. The predicted molar refractivity (Wildman–Crippen MR) is 259 cm³/mol. The lowest BCUT2D eigenvalue weighted by molar-refractivity contribution is 0.0527. The number of nitrogens with zero attached hydrogens (tertiary/aromatic N) is 8. The van der Waals surface area contributed by atoms with Gasteiger partial charge < -0.3 is 28.4 Å². The molecule has 2 aliphatic rings. The van der Waals surface area contributed by atoms with Crippen molar-refractivity contribution in [2.45, 2.75) is 124 Å². The Morgan fingerprint density at radius 3 is 1.49 bits per heavy atom. The highest BCUT2D eigenvalue weighted by Crippen LogP contribution is 2.47. The molecule has 8 aromatic rings. The van der Waals surface area contributed by atoms with Gasteiger partial charge in [-0.15, -0.1) is 0 Å². The smallest absolute Gasteiger partial charge is 0.420 e. The van der Waals surface area contributed by atoms with Crippen LogP contribution in [-0.4, -0.2) is 81.0 Å². The van der Waals surface area contributed by atoms with E-state index in [-0.39, 0.29) is 17.4 Å². The molecule has 0 unspecified atom stereocenters. The Labute approximate surface area is 404 Å². The van der Waals surface area contributed by atoms with Crippen molar-refractivity contribution < 1.29 is 42.7 Å². The lowest BCUT2D eigenvalue weighted by atomic mass is 9.80. The van der Waals surface area contributed by atoms with Crippen LogP contribution in [0, 0.1) is 27.7 Å². The first-order valence-corrected chi connectivity index (χ1v) is 23.3. The molecule has 6 heterocycles. The summed E-state index contributed by atoms with van der Waals surface area (Å²) in [4.78, 5) is 57.8. The molecule has 2 saturated carbocycles. The monoisotopic (exact) mass is 948 g/mol. The van der Waals surface area contributed by atoms with Crippen molar-refractivity contribution in [3.63, 3.8) is 0 Å². The zero-order chi connectivity index (χ0) is 50.0. The number of methoxy groups -OCH3 is 1. The van der Waals surface area contributed by atoms with Crippen LogP contribution in [0.2, 0.25) is 0 Å². The largest absolute Gasteiger partial charge is 0.465 e. The normalized spacial score (nSPS) is 14.1. The van der Waals surface area contributed by atoms with E-state index in [1.165, 1.54) is 11.7 Å². The number of rotatable bonds is 8. The Morgan fingerprint density at radius 2 is 1.10 bits per heavy atom. The fraction of sp³-hybridized carbons (Fsp3) is 0.377. The molecule has 17 heteroatoms. The van der Waals surface area contributed by atoms with E-state index >= 15 is 0 Å². The van der Waals surface area contributed by atoms with Crippen molar-refractivity contribution >= 4 is 40.2 Å². The van der Waals surface area contributed by atoms with Gasteiger partial charge in [0, 0.05) is 64.4 Å². The number of carbonyl (C=O) groups excluding carboxylic acids is 3. The van der Waals surface area contributed by atoms with Crippen molar-refractivity contribution in [3.05, 3.63) is 130 Å². The Kier molecular flexibility index (Phi) is 12.1. The molecule has 0 saturated heterocycles. The Bertz CT molecular complexity index is 3230. The second-order valence-electron chi connectivity index (χ2n) is 20.0. The number of benzene rings is 2. The van der Waals surface area contributed by atoms with Crippen molar-refractivity contribution in [1.29, 1.82) is 0 Å². The minimum Gasteiger partial charge on any atom is -0.465 e. The number of aliphatic hydroxyl groups is 1. The van der Waals surface area contributed by atoms with Crippen LogP contribution in [0.15, 0.2) is 82.4 Å². The van der Waals surface area contributed by atoms with Gasteiger partial charge in [-0.25, -0.2) is 33.5 Å². The number of ether oxygens (including phenoxy) is 3. The molecule has 17 nitrogen and oxygen atoms in total. The maximum Gasteiger partial charge on any atom is 0.420 e. The summed E-state index contributed by atoms with van der Waals surface area (Å²) < 4.78 is 30.4. The maximum absolute atomic E-state index is 13.7. The van der Waals surface area contributed by atoms with E-state index in [0.717, 1.165) is 42.4 Å². The van der Waals surface area contributed by atoms with Gasteiger partial charge in [0.15, 0.2) is 0 Å². The molecule has 0 aliphatic heterocycles. The highest BCUT2D eigenvalue weighted by atomic mass is 16.6. The molecular formula is C53H56N8O9. The van der Waals surface area contributed by atoms with Crippen LogP contribution in [0.25, 0.3) is 44.3 Å². The quantitative estimate of drug-likeness (QED) is 0.111. The van der Waals surface area contributed by atoms with Gasteiger partial charge in [-0.05, 0) is 142 Å². The van der Waals surface area contributed by atoms with Crippen LogP contribution >= 0.6 is 0 Å². The van der Waals surface area contributed by atoms with Crippen LogP contribution in [0.3, 0.4) is 0 Å². The number of fused-ring (bicyclic) bond motifs is 2. The number of aromatic nitrogens is 8. The SMILES string of the molecule is COC(=O)c1cc(-c2c(C)noc2C)cc2c1nc(C1CC1)n2C(=O)OC(C)(C)C.Cc1noc(C)c1-c1cc(C(O)(c2cccnc2)c2cccnc2)c2nc(C3CC3)n(C(=O)OC(C)(C)C)c2c1. The highest BCUT2D eigenvalue weighted by Gasteiger charge is 2.41. The third-order valence-electron chi connectivity index (χ3n) is 12.2. The zero-order valence-corrected chi connectivity index (χ0v) is 41.2. The molecule has 0 amide bonds. The van der Waals surface area contributed by atoms with Crippen LogP contribution in [0.1, 0.15) is 141 Å². The van der Waals surface area contributed by atoms with Crippen molar-refractivity contribution in [2.75, 3.05) is 7.11 Å². The number of pyridine rings is 2. The number of hydrogen-bond donors (Lipinski definition) is 1. The van der Waals surface area contributed by atoms with E-state index in [1.54, 1.807) is 54.5 Å².